The number of nitrogens with one attached hydrogen (secondary N) is 1. The highest BCUT2D eigenvalue weighted by atomic mass is 79.9. The van der Waals surface area contributed by atoms with Crippen molar-refractivity contribution in [3.05, 3.63) is 45.1 Å². The predicted octanol–water partition coefficient (Wildman–Crippen LogP) is 2.72. The summed E-state index contributed by atoms with van der Waals surface area (Å²) in [6.45, 7) is 1.58. The van der Waals surface area contributed by atoms with E-state index < -0.39 is 5.91 Å². The number of hydrogen-bond donors (Lipinski definition) is 1. The van der Waals surface area contributed by atoms with Gasteiger partial charge in [0.2, 0.25) is 5.88 Å². The Bertz CT molecular complexity index is 988. The second-order valence-electron chi connectivity index (χ2n) is 5.90. The summed E-state index contributed by atoms with van der Waals surface area (Å²) in [5, 5.41) is 13.4. The van der Waals surface area contributed by atoms with Gasteiger partial charge in [0, 0.05) is 28.8 Å². The Morgan fingerprint density at radius 1 is 1.33 bits per heavy atom. The van der Waals surface area contributed by atoms with Crippen molar-refractivity contribution in [1.82, 2.24) is 10.4 Å². The average Bonchev–Trinajstić information content (AvgIpc) is 2.75. The average molecular weight is 477 g/mol. The molecule has 0 saturated heterocycles. The lowest BCUT2D eigenvalue weighted by Crippen LogP contribution is -2.25. The van der Waals surface area contributed by atoms with Crippen molar-refractivity contribution in [3.8, 4) is 23.4 Å². The van der Waals surface area contributed by atoms with E-state index in [4.69, 9.17) is 18.9 Å². The molecule has 0 fully saturated rings. The molecule has 0 spiro atoms. The summed E-state index contributed by atoms with van der Waals surface area (Å²) in [5.41, 5.74) is 4.43. The van der Waals surface area contributed by atoms with Crippen LogP contribution in [0.1, 0.15) is 22.4 Å². The van der Waals surface area contributed by atoms with Gasteiger partial charge in [-0.25, -0.2) is 10.4 Å². The van der Waals surface area contributed by atoms with Gasteiger partial charge in [-0.3, -0.25) is 4.79 Å². The number of aryl methyl sites for hydroxylation is 1. The molecule has 0 aliphatic carbocycles. The highest BCUT2D eigenvalue weighted by Crippen LogP contribution is 2.30. The van der Waals surface area contributed by atoms with Crippen LogP contribution in [0.2, 0.25) is 0 Å². The van der Waals surface area contributed by atoms with Crippen molar-refractivity contribution in [2.24, 2.45) is 5.10 Å². The molecular weight excluding hydrogens is 456 g/mol. The lowest BCUT2D eigenvalue weighted by atomic mass is 10.1. The van der Waals surface area contributed by atoms with Gasteiger partial charge in [-0.1, -0.05) is 0 Å². The normalized spacial score (nSPS) is 10.5. The quantitative estimate of drug-likeness (QED) is 0.436. The second-order valence-corrected chi connectivity index (χ2v) is 6.70. The van der Waals surface area contributed by atoms with Crippen molar-refractivity contribution in [1.29, 1.82) is 5.26 Å². The van der Waals surface area contributed by atoms with Crippen molar-refractivity contribution < 1.29 is 23.7 Å². The van der Waals surface area contributed by atoms with E-state index in [9.17, 15) is 10.1 Å². The minimum atomic E-state index is -0.515. The van der Waals surface area contributed by atoms with Gasteiger partial charge in [-0.2, -0.15) is 10.4 Å². The van der Waals surface area contributed by atoms with E-state index in [-0.39, 0.29) is 24.7 Å². The summed E-state index contributed by atoms with van der Waals surface area (Å²) in [5.74, 6) is 0.724. The number of methoxy groups -OCH3 is 3. The molecule has 1 heterocycles. The molecule has 0 bridgehead atoms. The molecule has 0 unspecified atom stereocenters. The number of carbonyl (C=O) groups excluding carboxylic acids is 1. The van der Waals surface area contributed by atoms with Crippen LogP contribution in [-0.4, -0.2) is 45.0 Å². The molecule has 0 aliphatic heterocycles. The first kappa shape index (κ1) is 23.1. The molecule has 30 heavy (non-hydrogen) atoms. The van der Waals surface area contributed by atoms with Crippen LogP contribution in [0.15, 0.2) is 27.8 Å². The lowest BCUT2D eigenvalue weighted by molar-refractivity contribution is -0.123. The van der Waals surface area contributed by atoms with E-state index in [0.29, 0.717) is 32.8 Å². The zero-order valence-corrected chi connectivity index (χ0v) is 18.6. The van der Waals surface area contributed by atoms with Crippen LogP contribution in [0.5, 0.6) is 17.4 Å². The number of amides is 1. The second kappa shape index (κ2) is 11.1. The van der Waals surface area contributed by atoms with Crippen LogP contribution in [0.25, 0.3) is 0 Å². The number of carbonyl (C=O) groups is 1. The van der Waals surface area contributed by atoms with E-state index >= 15 is 0 Å². The van der Waals surface area contributed by atoms with Gasteiger partial charge in [-0.15, -0.1) is 0 Å². The molecule has 2 rings (SSSR count). The smallest absolute Gasteiger partial charge is 0.278 e. The number of rotatable bonds is 9. The Morgan fingerprint density at radius 2 is 2.10 bits per heavy atom. The van der Waals surface area contributed by atoms with Gasteiger partial charge in [0.15, 0.2) is 6.61 Å². The molecule has 1 aromatic carbocycles. The maximum atomic E-state index is 12.1. The number of pyridine rings is 1. The molecule has 10 heteroatoms. The zero-order chi connectivity index (χ0) is 22.1. The van der Waals surface area contributed by atoms with E-state index in [1.165, 1.54) is 20.4 Å². The molecule has 1 amide bonds. The molecule has 1 aromatic heterocycles. The molecule has 2 aromatic rings. The Morgan fingerprint density at radius 3 is 2.73 bits per heavy atom. The first-order chi connectivity index (χ1) is 14.4. The number of nitriles is 1. The Hall–Kier alpha value is -3.16. The largest absolute Gasteiger partial charge is 0.497 e. The number of nitrogens with zero attached hydrogens (tertiary/aromatic N) is 3. The number of hydrogen-bond acceptors (Lipinski definition) is 8. The standard InChI is InChI=1S/C20H21BrN4O5/c1-12-19(21)16(10-27-2)15(8-22)20(24-12)30-11-18(26)25-23-9-13-5-6-14(28-3)7-17(13)29-4/h5-7,9H,10-11H2,1-4H3,(H,25,26). The monoisotopic (exact) mass is 476 g/mol. The minimum absolute atomic E-state index is 0.0567. The maximum Gasteiger partial charge on any atom is 0.278 e. The fraction of sp³-hybridized carbons (Fsp3) is 0.300. The molecule has 0 saturated carbocycles. The first-order valence-corrected chi connectivity index (χ1v) is 9.49. The fourth-order valence-corrected chi connectivity index (χ4v) is 2.88. The van der Waals surface area contributed by atoms with Crippen molar-refractivity contribution in [3.63, 3.8) is 0 Å². The summed E-state index contributed by atoms with van der Waals surface area (Å²) in [4.78, 5) is 16.3. The molecule has 0 radical (unpaired) electrons. The van der Waals surface area contributed by atoms with Crippen molar-refractivity contribution >= 4 is 28.1 Å². The van der Waals surface area contributed by atoms with Crippen LogP contribution in [-0.2, 0) is 16.1 Å². The predicted molar refractivity (Wildman–Crippen MR) is 113 cm³/mol. The van der Waals surface area contributed by atoms with E-state index in [1.807, 2.05) is 6.07 Å². The third kappa shape index (κ3) is 5.68. The molecule has 158 valence electrons. The van der Waals surface area contributed by atoms with Crippen LogP contribution < -0.4 is 19.6 Å². The maximum absolute atomic E-state index is 12.1. The molecule has 1 N–H and O–H groups in total. The van der Waals surface area contributed by atoms with Crippen LogP contribution in [0.3, 0.4) is 0 Å². The van der Waals surface area contributed by atoms with Gasteiger partial charge in [0.05, 0.1) is 32.7 Å². The van der Waals surface area contributed by atoms with Crippen LogP contribution in [0, 0.1) is 18.3 Å². The van der Waals surface area contributed by atoms with E-state index in [0.717, 1.165) is 0 Å². The van der Waals surface area contributed by atoms with Gasteiger partial charge in [-0.05, 0) is 35.0 Å². The topological polar surface area (TPSA) is 115 Å². The lowest BCUT2D eigenvalue weighted by Gasteiger charge is -2.13. The SMILES string of the molecule is COCc1c(Br)c(C)nc(OCC(=O)NN=Cc2ccc(OC)cc2OC)c1C#N. The molecule has 0 atom stereocenters. The van der Waals surface area contributed by atoms with Crippen molar-refractivity contribution in [2.75, 3.05) is 27.9 Å². The number of ether oxygens (including phenoxy) is 4. The summed E-state index contributed by atoms with van der Waals surface area (Å²) >= 11 is 3.40. The van der Waals surface area contributed by atoms with Gasteiger partial charge >= 0.3 is 0 Å². The highest BCUT2D eigenvalue weighted by Gasteiger charge is 2.18. The Labute approximate surface area is 182 Å². The zero-order valence-electron chi connectivity index (χ0n) is 17.0. The van der Waals surface area contributed by atoms with Crippen LogP contribution in [0.4, 0.5) is 0 Å². The first-order valence-electron chi connectivity index (χ1n) is 8.69. The third-order valence-corrected chi connectivity index (χ3v) is 4.99. The fourth-order valence-electron chi connectivity index (χ4n) is 2.48. The van der Waals surface area contributed by atoms with E-state index in [1.54, 1.807) is 32.2 Å². The van der Waals surface area contributed by atoms with Crippen LogP contribution >= 0.6 is 15.9 Å². The highest BCUT2D eigenvalue weighted by molar-refractivity contribution is 9.10. The third-order valence-electron chi connectivity index (χ3n) is 3.94. The Balaban J connectivity index is 2.05. The summed E-state index contributed by atoms with van der Waals surface area (Å²) in [7, 11) is 4.60. The summed E-state index contributed by atoms with van der Waals surface area (Å²) in [6, 6.07) is 7.24. The van der Waals surface area contributed by atoms with Gasteiger partial charge < -0.3 is 18.9 Å². The molecular formula is C20H21BrN4O5. The van der Waals surface area contributed by atoms with Gasteiger partial charge in [0.1, 0.15) is 23.1 Å². The van der Waals surface area contributed by atoms with Gasteiger partial charge in [0.25, 0.3) is 5.91 Å². The summed E-state index contributed by atoms with van der Waals surface area (Å²) in [6.07, 6.45) is 1.44. The Kier molecular flexibility index (Phi) is 8.58. The number of halogens is 1. The summed E-state index contributed by atoms with van der Waals surface area (Å²) < 4.78 is 21.7. The molecule has 9 nitrogen and oxygen atoms in total. The number of benzene rings is 1. The minimum Gasteiger partial charge on any atom is -0.497 e. The number of hydrazone groups is 1. The molecule has 0 aliphatic rings. The van der Waals surface area contributed by atoms with Crippen molar-refractivity contribution in [2.45, 2.75) is 13.5 Å². The van der Waals surface area contributed by atoms with E-state index in [2.05, 4.69) is 31.4 Å². The number of aromatic nitrogens is 1.